The lowest BCUT2D eigenvalue weighted by atomic mass is 10.0. The first kappa shape index (κ1) is 22.6. The van der Waals surface area contributed by atoms with Crippen LogP contribution in [0.15, 0.2) is 29.8 Å². The molecule has 162 valence electrons. The highest BCUT2D eigenvalue weighted by molar-refractivity contribution is 6.03. The van der Waals surface area contributed by atoms with E-state index in [4.69, 9.17) is 4.74 Å². The van der Waals surface area contributed by atoms with Crippen LogP contribution >= 0.6 is 0 Å². The maximum atomic E-state index is 12.8. The van der Waals surface area contributed by atoms with Gasteiger partial charge in [-0.05, 0) is 80.9 Å². The highest BCUT2D eigenvalue weighted by Crippen LogP contribution is 2.24. The Bertz CT molecular complexity index is 1080. The molecule has 0 fully saturated rings. The minimum Gasteiger partial charge on any atom is -0.450 e. The van der Waals surface area contributed by atoms with Gasteiger partial charge < -0.3 is 9.30 Å². The van der Waals surface area contributed by atoms with Crippen molar-refractivity contribution in [2.24, 2.45) is 5.92 Å². The summed E-state index contributed by atoms with van der Waals surface area (Å²) in [6.07, 6.45) is 3.71. The average Bonchev–Trinajstić information content (AvgIpc) is 3.30. The van der Waals surface area contributed by atoms with Crippen molar-refractivity contribution < 1.29 is 14.3 Å². The number of hydrogen-bond donors (Lipinski definition) is 0. The van der Waals surface area contributed by atoms with Gasteiger partial charge in [0.25, 0.3) is 0 Å². The summed E-state index contributed by atoms with van der Waals surface area (Å²) in [4.78, 5) is 25.4. The van der Waals surface area contributed by atoms with Crippen molar-refractivity contribution in [3.63, 3.8) is 0 Å². The van der Waals surface area contributed by atoms with Gasteiger partial charge in [-0.2, -0.15) is 5.26 Å². The van der Waals surface area contributed by atoms with Crippen LogP contribution in [0.5, 0.6) is 0 Å². The van der Waals surface area contributed by atoms with E-state index in [0.29, 0.717) is 11.5 Å². The zero-order valence-corrected chi connectivity index (χ0v) is 19.0. The first-order chi connectivity index (χ1) is 14.7. The number of nitriles is 1. The van der Waals surface area contributed by atoms with Crippen molar-refractivity contribution in [3.05, 3.63) is 63.5 Å². The second kappa shape index (κ2) is 9.34. The van der Waals surface area contributed by atoms with E-state index in [2.05, 4.69) is 18.4 Å². The monoisotopic (exact) mass is 418 g/mol. The summed E-state index contributed by atoms with van der Waals surface area (Å²) in [5.74, 6) is -0.554. The summed E-state index contributed by atoms with van der Waals surface area (Å²) in [6, 6.07) is 9.57. The number of aryl methyl sites for hydroxylation is 3. The van der Waals surface area contributed by atoms with E-state index < -0.39 is 12.1 Å². The molecule has 5 heteroatoms. The molecule has 0 spiro atoms. The first-order valence-electron chi connectivity index (χ1n) is 10.9. The van der Waals surface area contributed by atoms with Gasteiger partial charge in [0.2, 0.25) is 5.78 Å². The lowest BCUT2D eigenvalue weighted by Crippen LogP contribution is -2.25. The molecule has 1 aliphatic rings. The van der Waals surface area contributed by atoms with E-state index >= 15 is 0 Å². The molecule has 2 aromatic rings. The lowest BCUT2D eigenvalue weighted by molar-refractivity contribution is -0.141. The van der Waals surface area contributed by atoms with Crippen molar-refractivity contribution in [1.29, 1.82) is 5.26 Å². The Morgan fingerprint density at radius 1 is 1.16 bits per heavy atom. The normalized spacial score (nSPS) is 14.3. The molecule has 0 aliphatic heterocycles. The summed E-state index contributed by atoms with van der Waals surface area (Å²) in [7, 11) is 0. The zero-order chi connectivity index (χ0) is 22.7. The molecule has 0 bridgehead atoms. The standard InChI is InChI=1S/C26H30N2O3/c1-16(2)15-28-17(3)11-23(18(28)4)13-24(14-27)26(30)31-19(5)25(29)22-10-9-20-7-6-8-21(20)12-22/h9-13,16,19H,6-8,15H2,1-5H3/b24-13+/t19-/m1/s1. The Labute approximate surface area is 184 Å². The van der Waals surface area contributed by atoms with E-state index in [9.17, 15) is 14.9 Å². The van der Waals surface area contributed by atoms with Gasteiger partial charge in [-0.3, -0.25) is 4.79 Å². The van der Waals surface area contributed by atoms with Gasteiger partial charge in [-0.25, -0.2) is 4.79 Å². The van der Waals surface area contributed by atoms with Crippen LogP contribution in [0, 0.1) is 31.1 Å². The number of esters is 1. The average molecular weight is 419 g/mol. The molecule has 0 unspecified atom stereocenters. The number of hydrogen-bond acceptors (Lipinski definition) is 4. The van der Waals surface area contributed by atoms with E-state index in [0.717, 1.165) is 42.8 Å². The smallest absolute Gasteiger partial charge is 0.349 e. The molecule has 0 N–H and O–H groups in total. The molecule has 0 saturated heterocycles. The van der Waals surface area contributed by atoms with Gasteiger partial charge in [0.15, 0.2) is 6.10 Å². The van der Waals surface area contributed by atoms with Crippen molar-refractivity contribution in [2.75, 3.05) is 0 Å². The fourth-order valence-electron chi connectivity index (χ4n) is 4.15. The summed E-state index contributed by atoms with van der Waals surface area (Å²) < 4.78 is 7.54. The number of ether oxygens (including phenoxy) is 1. The molecule has 1 aromatic heterocycles. The number of rotatable bonds is 7. The second-order valence-corrected chi connectivity index (χ2v) is 8.75. The number of nitrogens with zero attached hydrogens (tertiary/aromatic N) is 2. The minimum absolute atomic E-state index is 0.113. The van der Waals surface area contributed by atoms with Gasteiger partial charge in [-0.15, -0.1) is 0 Å². The molecule has 1 atom stereocenters. The van der Waals surface area contributed by atoms with E-state index in [1.165, 1.54) is 11.1 Å². The third kappa shape index (κ3) is 4.96. The highest BCUT2D eigenvalue weighted by atomic mass is 16.5. The van der Waals surface area contributed by atoms with Crippen LogP contribution in [0.25, 0.3) is 6.08 Å². The summed E-state index contributed by atoms with van der Waals surface area (Å²) >= 11 is 0. The van der Waals surface area contributed by atoms with E-state index in [1.54, 1.807) is 19.1 Å². The highest BCUT2D eigenvalue weighted by Gasteiger charge is 2.23. The summed E-state index contributed by atoms with van der Waals surface area (Å²) in [5, 5.41) is 9.53. The molecular formula is C26H30N2O3. The van der Waals surface area contributed by atoms with Crippen molar-refractivity contribution in [2.45, 2.75) is 66.5 Å². The van der Waals surface area contributed by atoms with Gasteiger partial charge in [0, 0.05) is 23.5 Å². The third-order valence-electron chi connectivity index (χ3n) is 5.84. The first-order valence-corrected chi connectivity index (χ1v) is 10.9. The van der Waals surface area contributed by atoms with E-state index in [1.807, 2.05) is 38.1 Å². The fourth-order valence-corrected chi connectivity index (χ4v) is 4.15. The number of benzene rings is 1. The number of Topliss-reactive ketones (excluding diaryl/α,β-unsaturated/α-hetero) is 1. The molecule has 0 radical (unpaired) electrons. The Morgan fingerprint density at radius 3 is 2.55 bits per heavy atom. The zero-order valence-electron chi connectivity index (χ0n) is 19.0. The minimum atomic E-state index is -0.961. The molecule has 3 rings (SSSR count). The predicted molar refractivity (Wildman–Crippen MR) is 121 cm³/mol. The van der Waals surface area contributed by atoms with Crippen LogP contribution in [0.3, 0.4) is 0 Å². The number of carbonyl (C=O) groups excluding carboxylic acids is 2. The van der Waals surface area contributed by atoms with Gasteiger partial charge >= 0.3 is 5.97 Å². The second-order valence-electron chi connectivity index (χ2n) is 8.75. The molecule has 5 nitrogen and oxygen atoms in total. The Kier molecular flexibility index (Phi) is 6.80. The van der Waals surface area contributed by atoms with Crippen LogP contribution in [0.1, 0.15) is 65.6 Å². The van der Waals surface area contributed by atoms with Crippen molar-refractivity contribution in [1.82, 2.24) is 4.57 Å². The maximum absolute atomic E-state index is 12.8. The van der Waals surface area contributed by atoms with Gasteiger partial charge in [0.05, 0.1) is 0 Å². The predicted octanol–water partition coefficient (Wildman–Crippen LogP) is 4.97. The Balaban J connectivity index is 1.75. The molecule has 31 heavy (non-hydrogen) atoms. The molecule has 1 aromatic carbocycles. The quantitative estimate of drug-likeness (QED) is 0.275. The van der Waals surface area contributed by atoms with Crippen LogP contribution in [0.2, 0.25) is 0 Å². The fraction of sp³-hybridized carbons (Fsp3) is 0.423. The van der Waals surface area contributed by atoms with Gasteiger partial charge in [-0.1, -0.05) is 26.0 Å². The number of aromatic nitrogens is 1. The number of fused-ring (bicyclic) bond motifs is 1. The number of ketones is 1. The van der Waals surface area contributed by atoms with Crippen LogP contribution in [0.4, 0.5) is 0 Å². The van der Waals surface area contributed by atoms with Crippen LogP contribution in [-0.4, -0.2) is 22.4 Å². The number of carbonyl (C=O) groups is 2. The molecule has 1 heterocycles. The summed E-state index contributed by atoms with van der Waals surface area (Å²) in [5.41, 5.74) is 5.78. The van der Waals surface area contributed by atoms with Crippen molar-refractivity contribution in [3.8, 4) is 6.07 Å². The SMILES string of the molecule is Cc1cc(/C=C(\C#N)C(=O)O[C@H](C)C(=O)c2ccc3c(c2)CCC3)c(C)n1CC(C)C. The van der Waals surface area contributed by atoms with Crippen LogP contribution < -0.4 is 0 Å². The van der Waals surface area contributed by atoms with Crippen molar-refractivity contribution >= 4 is 17.8 Å². The maximum Gasteiger partial charge on any atom is 0.349 e. The molecular weight excluding hydrogens is 388 g/mol. The van der Waals surface area contributed by atoms with E-state index in [-0.39, 0.29) is 11.4 Å². The Morgan fingerprint density at radius 2 is 1.87 bits per heavy atom. The largest absolute Gasteiger partial charge is 0.450 e. The van der Waals surface area contributed by atoms with Gasteiger partial charge in [0.1, 0.15) is 11.6 Å². The topological polar surface area (TPSA) is 72.1 Å². The van der Waals surface area contributed by atoms with Crippen LogP contribution in [-0.2, 0) is 28.9 Å². The summed E-state index contributed by atoms with van der Waals surface area (Å²) in [6.45, 7) is 10.7. The molecule has 0 amide bonds. The molecule has 0 saturated carbocycles. The third-order valence-corrected chi connectivity index (χ3v) is 5.84. The molecule has 1 aliphatic carbocycles. The lowest BCUT2D eigenvalue weighted by Gasteiger charge is -2.13. The Hall–Kier alpha value is -3.13.